The first-order valence-electron chi connectivity index (χ1n) is 11.2. The van der Waals surface area contributed by atoms with E-state index in [0.717, 1.165) is 28.6 Å². The van der Waals surface area contributed by atoms with Gasteiger partial charge in [0.1, 0.15) is 6.61 Å². The van der Waals surface area contributed by atoms with Gasteiger partial charge in [0, 0.05) is 12.5 Å². The van der Waals surface area contributed by atoms with Gasteiger partial charge in [0.15, 0.2) is 24.0 Å². The zero-order chi connectivity index (χ0) is 24.4. The van der Waals surface area contributed by atoms with E-state index >= 15 is 0 Å². The van der Waals surface area contributed by atoms with E-state index in [1.807, 2.05) is 36.4 Å². The lowest BCUT2D eigenvalue weighted by Crippen LogP contribution is -2.44. The second-order valence-corrected chi connectivity index (χ2v) is 8.30. The van der Waals surface area contributed by atoms with Gasteiger partial charge in [-0.2, -0.15) is 0 Å². The van der Waals surface area contributed by atoms with Crippen LogP contribution < -0.4 is 10.6 Å². The van der Waals surface area contributed by atoms with Gasteiger partial charge in [0.05, 0.1) is 12.6 Å². The summed E-state index contributed by atoms with van der Waals surface area (Å²) >= 11 is 0. The molecule has 0 spiro atoms. The van der Waals surface area contributed by atoms with Crippen LogP contribution in [0, 0.1) is 0 Å². The maximum Gasteiger partial charge on any atom is 0.407 e. The molecule has 10 heteroatoms. The van der Waals surface area contributed by atoms with Gasteiger partial charge in [-0.15, -0.1) is 0 Å². The number of nitrogens with one attached hydrogen (secondary N) is 2. The molecule has 1 fully saturated rings. The van der Waals surface area contributed by atoms with Crippen LogP contribution in [0.2, 0.25) is 0 Å². The number of hydrogen-bond donors (Lipinski definition) is 3. The first-order chi connectivity index (χ1) is 17.0. The minimum absolute atomic E-state index is 0.0417. The summed E-state index contributed by atoms with van der Waals surface area (Å²) in [6, 6.07) is 15.4. The molecule has 5 rings (SSSR count). The number of carbonyl (C=O) groups excluding carboxylic acids is 2. The number of rotatable bonds is 7. The fourth-order valence-electron chi connectivity index (χ4n) is 4.60. The predicted octanol–water partition coefficient (Wildman–Crippen LogP) is 2.69. The van der Waals surface area contributed by atoms with E-state index in [4.69, 9.17) is 13.9 Å². The van der Waals surface area contributed by atoms with Crippen LogP contribution in [0.15, 0.2) is 59.3 Å². The Morgan fingerprint density at radius 1 is 1.06 bits per heavy atom. The molecule has 3 N–H and O–H groups in total. The zero-order valence-corrected chi connectivity index (χ0v) is 18.6. The van der Waals surface area contributed by atoms with E-state index in [1.165, 1.54) is 0 Å². The fourth-order valence-corrected chi connectivity index (χ4v) is 4.60. The molecular formula is C25H23N3O7. The molecule has 2 aliphatic rings. The number of aliphatic carboxylic acids is 1. The van der Waals surface area contributed by atoms with Gasteiger partial charge in [0.25, 0.3) is 5.91 Å². The number of benzene rings is 2. The van der Waals surface area contributed by atoms with E-state index in [1.54, 1.807) is 0 Å². The molecule has 3 aromatic rings. The molecule has 0 bridgehead atoms. The number of nitrogens with zero attached hydrogens (tertiary/aromatic N) is 1. The first-order valence-corrected chi connectivity index (χ1v) is 11.2. The van der Waals surface area contributed by atoms with Crippen molar-refractivity contribution in [3.8, 4) is 11.1 Å². The van der Waals surface area contributed by atoms with Crippen molar-refractivity contribution in [1.29, 1.82) is 0 Å². The first kappa shape index (κ1) is 22.6. The van der Waals surface area contributed by atoms with E-state index in [0.29, 0.717) is 6.42 Å². The molecule has 1 aliphatic heterocycles. The Labute approximate surface area is 200 Å². The molecule has 0 radical (unpaired) electrons. The molecule has 2 aromatic carbocycles. The van der Waals surface area contributed by atoms with Crippen LogP contribution >= 0.6 is 0 Å². The monoisotopic (exact) mass is 477 g/mol. The number of carbonyl (C=O) groups is 3. The van der Waals surface area contributed by atoms with Crippen molar-refractivity contribution in [2.45, 2.75) is 31.0 Å². The number of ether oxygens (including phenoxy) is 2. The van der Waals surface area contributed by atoms with Crippen LogP contribution in [-0.4, -0.2) is 53.4 Å². The van der Waals surface area contributed by atoms with Gasteiger partial charge in [-0.25, -0.2) is 14.6 Å². The second kappa shape index (κ2) is 9.59. The van der Waals surface area contributed by atoms with Gasteiger partial charge < -0.3 is 29.6 Å². The topological polar surface area (TPSA) is 140 Å². The van der Waals surface area contributed by atoms with Crippen LogP contribution in [0.3, 0.4) is 0 Å². The third kappa shape index (κ3) is 4.47. The summed E-state index contributed by atoms with van der Waals surface area (Å²) in [5.74, 6) is -1.70. The Bertz CT molecular complexity index is 1230. The van der Waals surface area contributed by atoms with Crippen molar-refractivity contribution < 1.29 is 33.4 Å². The summed E-state index contributed by atoms with van der Waals surface area (Å²) in [4.78, 5) is 40.2. The molecule has 0 saturated carbocycles. The largest absolute Gasteiger partial charge is 0.479 e. The van der Waals surface area contributed by atoms with E-state index in [2.05, 4.69) is 27.8 Å². The Hall–Kier alpha value is -4.18. The lowest BCUT2D eigenvalue weighted by Gasteiger charge is -2.16. The Morgan fingerprint density at radius 2 is 1.74 bits per heavy atom. The van der Waals surface area contributed by atoms with E-state index < -0.39 is 30.1 Å². The minimum Gasteiger partial charge on any atom is -0.479 e. The predicted molar refractivity (Wildman–Crippen MR) is 122 cm³/mol. The second-order valence-electron chi connectivity index (χ2n) is 8.30. The van der Waals surface area contributed by atoms with Crippen molar-refractivity contribution in [2.75, 3.05) is 13.2 Å². The van der Waals surface area contributed by atoms with Crippen molar-refractivity contribution in [1.82, 2.24) is 15.6 Å². The summed E-state index contributed by atoms with van der Waals surface area (Å²) in [6.45, 7) is 0.266. The Balaban J connectivity index is 1.18. The number of amides is 2. The van der Waals surface area contributed by atoms with Crippen molar-refractivity contribution in [3.05, 3.63) is 77.5 Å². The molecule has 2 heterocycles. The number of fused-ring (bicyclic) bond motifs is 3. The van der Waals surface area contributed by atoms with Crippen LogP contribution in [0.1, 0.15) is 39.7 Å². The summed E-state index contributed by atoms with van der Waals surface area (Å²) in [5, 5.41) is 14.4. The molecule has 1 aliphatic carbocycles. The zero-order valence-electron chi connectivity index (χ0n) is 18.6. The molecule has 1 saturated heterocycles. The van der Waals surface area contributed by atoms with E-state index in [-0.39, 0.29) is 37.1 Å². The van der Waals surface area contributed by atoms with Crippen molar-refractivity contribution in [2.24, 2.45) is 0 Å². The number of carboxylic acids is 1. The average molecular weight is 477 g/mol. The van der Waals surface area contributed by atoms with Gasteiger partial charge in [-0.1, -0.05) is 48.5 Å². The lowest BCUT2D eigenvalue weighted by atomic mass is 9.98. The number of oxazole rings is 1. The highest BCUT2D eigenvalue weighted by Crippen LogP contribution is 2.44. The normalized spacial score (nSPS) is 18.5. The highest BCUT2D eigenvalue weighted by atomic mass is 16.5. The number of aromatic nitrogens is 1. The Kier molecular flexibility index (Phi) is 6.19. The molecule has 1 aromatic heterocycles. The molecular weight excluding hydrogens is 454 g/mol. The quantitative estimate of drug-likeness (QED) is 0.472. The molecule has 180 valence electrons. The highest BCUT2D eigenvalue weighted by Gasteiger charge is 2.36. The molecule has 35 heavy (non-hydrogen) atoms. The lowest BCUT2D eigenvalue weighted by molar-refractivity contribution is -0.148. The van der Waals surface area contributed by atoms with Crippen molar-refractivity contribution in [3.63, 3.8) is 0 Å². The minimum atomic E-state index is -1.15. The van der Waals surface area contributed by atoms with Gasteiger partial charge in [0.2, 0.25) is 0 Å². The van der Waals surface area contributed by atoms with Gasteiger partial charge in [-0.3, -0.25) is 4.79 Å². The summed E-state index contributed by atoms with van der Waals surface area (Å²) < 4.78 is 15.9. The highest BCUT2D eigenvalue weighted by molar-refractivity contribution is 5.94. The summed E-state index contributed by atoms with van der Waals surface area (Å²) in [7, 11) is 0. The number of carboxylic acid groups (broad SMARTS) is 1. The third-order valence-corrected chi connectivity index (χ3v) is 6.24. The molecule has 0 unspecified atom stereocenters. The van der Waals surface area contributed by atoms with Crippen LogP contribution in [0.5, 0.6) is 0 Å². The number of alkyl carbamates (subject to hydrolysis) is 1. The molecule has 2 amide bonds. The number of hydrogen-bond acceptors (Lipinski definition) is 7. The maximum atomic E-state index is 12.6. The van der Waals surface area contributed by atoms with Crippen LogP contribution in [0.4, 0.5) is 4.79 Å². The molecule has 2 atom stereocenters. The third-order valence-electron chi connectivity index (χ3n) is 6.24. The SMILES string of the molecule is O=C(NCc1ocnc1C(=O)N[C@@H]1CCO[C@@H]1C(=O)O)OCC1c2ccccc2-c2ccccc21. The van der Waals surface area contributed by atoms with Crippen LogP contribution in [-0.2, 0) is 20.8 Å². The smallest absolute Gasteiger partial charge is 0.407 e. The average Bonchev–Trinajstić information content (AvgIpc) is 3.59. The fraction of sp³-hybridized carbons (Fsp3) is 0.280. The molecule has 10 nitrogen and oxygen atoms in total. The summed E-state index contributed by atoms with van der Waals surface area (Å²) in [6.07, 6.45) is -0.324. The van der Waals surface area contributed by atoms with Crippen LogP contribution in [0.25, 0.3) is 11.1 Å². The summed E-state index contributed by atoms with van der Waals surface area (Å²) in [5.41, 5.74) is 4.43. The van der Waals surface area contributed by atoms with Gasteiger partial charge >= 0.3 is 12.1 Å². The van der Waals surface area contributed by atoms with Gasteiger partial charge in [-0.05, 0) is 28.7 Å². The Morgan fingerprint density at radius 3 is 2.43 bits per heavy atom. The standard InChI is InChI=1S/C25H23N3O7/c29-23(28-19-9-10-33-22(19)24(30)31)21-20(35-13-27-21)11-26-25(32)34-12-18-16-7-3-1-5-14(16)15-6-2-4-8-17(15)18/h1-8,13,18-19,22H,9-12H2,(H,26,32)(H,28,29)(H,30,31)/t19-,22+/m1/s1. The van der Waals surface area contributed by atoms with E-state index in [9.17, 15) is 19.5 Å². The maximum absolute atomic E-state index is 12.6. The van der Waals surface area contributed by atoms with Crippen molar-refractivity contribution >= 4 is 18.0 Å².